The summed E-state index contributed by atoms with van der Waals surface area (Å²) < 4.78 is 1.96. The quantitative estimate of drug-likeness (QED) is 0.526. The smallest absolute Gasteiger partial charge is 0.199 e. The number of fused-ring (bicyclic) bond motifs is 1. The van der Waals surface area contributed by atoms with Crippen molar-refractivity contribution in [3.05, 3.63) is 52.5 Å². The Labute approximate surface area is 147 Å². The fourth-order valence-electron chi connectivity index (χ4n) is 2.62. The predicted octanol–water partition coefficient (Wildman–Crippen LogP) is 2.62. The molecule has 0 amide bonds. The molecule has 0 radical (unpaired) electrons. The van der Waals surface area contributed by atoms with Gasteiger partial charge < -0.3 is 4.57 Å². The first kappa shape index (κ1) is 15.5. The third kappa shape index (κ3) is 3.03. The number of aromatic nitrogens is 6. The van der Waals surface area contributed by atoms with Gasteiger partial charge in [-0.2, -0.15) is 10.2 Å². The van der Waals surface area contributed by atoms with Crippen LogP contribution in [0.4, 0.5) is 0 Å². The summed E-state index contributed by atoms with van der Waals surface area (Å²) in [7, 11) is 1.95. The van der Waals surface area contributed by atoms with Crippen LogP contribution in [0.15, 0.2) is 36.8 Å². The van der Waals surface area contributed by atoms with Crippen molar-refractivity contribution in [3.8, 4) is 11.3 Å². The van der Waals surface area contributed by atoms with E-state index in [4.69, 9.17) is 0 Å². The Morgan fingerprint density at radius 3 is 2.76 bits per heavy atom. The van der Waals surface area contributed by atoms with Gasteiger partial charge in [-0.1, -0.05) is 17.4 Å². The van der Waals surface area contributed by atoms with Crippen molar-refractivity contribution in [2.45, 2.75) is 13.3 Å². The number of rotatable bonds is 4. The van der Waals surface area contributed by atoms with Gasteiger partial charge in [0.1, 0.15) is 5.01 Å². The molecular formula is C17H14N6OS. The fraction of sp³-hybridized carbons (Fsp3) is 0.176. The topological polar surface area (TPSA) is 86.5 Å². The number of aryl methyl sites for hydroxylation is 2. The number of benzene rings is 1. The molecule has 3 aromatic heterocycles. The molecule has 0 saturated carbocycles. The van der Waals surface area contributed by atoms with Crippen molar-refractivity contribution < 1.29 is 4.79 Å². The van der Waals surface area contributed by atoms with Crippen LogP contribution in [0.3, 0.4) is 0 Å². The van der Waals surface area contributed by atoms with Gasteiger partial charge >= 0.3 is 0 Å². The third-order valence-corrected chi connectivity index (χ3v) is 4.73. The molecule has 4 rings (SSSR count). The first-order valence-corrected chi connectivity index (χ1v) is 8.48. The highest BCUT2D eigenvalue weighted by Crippen LogP contribution is 2.23. The molecule has 0 aliphatic heterocycles. The zero-order valence-corrected chi connectivity index (χ0v) is 14.5. The second-order valence-electron chi connectivity index (χ2n) is 5.73. The highest BCUT2D eigenvalue weighted by molar-refractivity contribution is 7.13. The molecule has 124 valence electrons. The molecule has 0 spiro atoms. The van der Waals surface area contributed by atoms with E-state index < -0.39 is 0 Å². The van der Waals surface area contributed by atoms with E-state index in [2.05, 4.69) is 25.4 Å². The monoisotopic (exact) mass is 350 g/mol. The van der Waals surface area contributed by atoms with Crippen LogP contribution in [0, 0.1) is 6.92 Å². The van der Waals surface area contributed by atoms with Gasteiger partial charge in [0.25, 0.3) is 0 Å². The molecule has 0 saturated heterocycles. The molecule has 25 heavy (non-hydrogen) atoms. The van der Waals surface area contributed by atoms with Crippen molar-refractivity contribution in [2.24, 2.45) is 7.05 Å². The lowest BCUT2D eigenvalue weighted by molar-refractivity contribution is 0.0990. The Bertz CT molecular complexity index is 1080. The second-order valence-corrected chi connectivity index (χ2v) is 6.91. The summed E-state index contributed by atoms with van der Waals surface area (Å²) in [5, 5.41) is 18.3. The fourth-order valence-corrected chi connectivity index (χ4v) is 3.25. The van der Waals surface area contributed by atoms with Gasteiger partial charge in [0.2, 0.25) is 0 Å². The van der Waals surface area contributed by atoms with E-state index in [-0.39, 0.29) is 12.2 Å². The summed E-state index contributed by atoms with van der Waals surface area (Å²) in [5.74, 6) is -0.0953. The van der Waals surface area contributed by atoms with E-state index in [0.717, 1.165) is 27.2 Å². The molecule has 0 atom stereocenters. The van der Waals surface area contributed by atoms with Crippen LogP contribution in [-0.4, -0.2) is 35.7 Å². The van der Waals surface area contributed by atoms with E-state index in [1.165, 1.54) is 11.3 Å². The van der Waals surface area contributed by atoms with Crippen LogP contribution in [-0.2, 0) is 13.5 Å². The molecular weight excluding hydrogens is 336 g/mol. The first-order valence-electron chi connectivity index (χ1n) is 7.66. The van der Waals surface area contributed by atoms with Crippen molar-refractivity contribution in [1.82, 2.24) is 29.9 Å². The minimum absolute atomic E-state index is 0.0953. The predicted molar refractivity (Wildman–Crippen MR) is 94.4 cm³/mol. The average Bonchev–Trinajstić information content (AvgIpc) is 3.22. The van der Waals surface area contributed by atoms with Crippen LogP contribution in [0.25, 0.3) is 22.2 Å². The van der Waals surface area contributed by atoms with Crippen LogP contribution < -0.4 is 0 Å². The van der Waals surface area contributed by atoms with Crippen LogP contribution in [0.2, 0.25) is 0 Å². The Kier molecular flexibility index (Phi) is 3.81. The molecule has 0 bridgehead atoms. The highest BCUT2D eigenvalue weighted by atomic mass is 32.1. The van der Waals surface area contributed by atoms with Gasteiger partial charge in [0.05, 0.1) is 35.8 Å². The molecule has 3 heterocycles. The molecule has 4 aromatic rings. The van der Waals surface area contributed by atoms with Crippen molar-refractivity contribution in [1.29, 1.82) is 0 Å². The van der Waals surface area contributed by atoms with Crippen LogP contribution in [0.1, 0.15) is 20.5 Å². The molecule has 0 N–H and O–H groups in total. The zero-order valence-electron chi connectivity index (χ0n) is 13.7. The number of hydrogen-bond acceptors (Lipinski definition) is 7. The van der Waals surface area contributed by atoms with Gasteiger partial charge in [-0.05, 0) is 25.1 Å². The molecule has 0 unspecified atom stereocenters. The number of carbonyl (C=O) groups excluding carboxylic acids is 1. The standard InChI is InChI=1S/C17H14N6OS/c1-10-19-22-17(25-10)16(24)7-13-6-12-5-11(3-4-14(12)21-20-13)15-8-18-9-23(15)2/h3-6,8-9H,7H2,1-2H3. The summed E-state index contributed by atoms with van der Waals surface area (Å²) in [6.45, 7) is 1.82. The Hall–Kier alpha value is -3.00. The molecule has 1 aromatic carbocycles. The maximum Gasteiger partial charge on any atom is 0.199 e. The number of Topliss-reactive ketones (excluding diaryl/α,β-unsaturated/α-hetero) is 1. The lowest BCUT2D eigenvalue weighted by Gasteiger charge is -2.05. The number of ketones is 1. The van der Waals surface area contributed by atoms with Gasteiger partial charge in [-0.25, -0.2) is 4.98 Å². The lowest BCUT2D eigenvalue weighted by Crippen LogP contribution is -2.05. The summed E-state index contributed by atoms with van der Waals surface area (Å²) in [4.78, 5) is 16.4. The second kappa shape index (κ2) is 6.14. The lowest BCUT2D eigenvalue weighted by atomic mass is 10.1. The Balaban J connectivity index is 1.67. The normalized spacial score (nSPS) is 11.1. The van der Waals surface area contributed by atoms with Gasteiger partial charge in [0, 0.05) is 18.0 Å². The minimum atomic E-state index is -0.0953. The summed E-state index contributed by atoms with van der Waals surface area (Å²) >= 11 is 1.29. The largest absolute Gasteiger partial charge is 0.334 e. The van der Waals surface area contributed by atoms with E-state index in [0.29, 0.717) is 10.7 Å². The molecule has 8 heteroatoms. The summed E-state index contributed by atoms with van der Waals surface area (Å²) in [6.07, 6.45) is 3.74. The number of hydrogen-bond donors (Lipinski definition) is 0. The molecule has 0 fully saturated rings. The van der Waals surface area contributed by atoms with E-state index in [1.807, 2.05) is 49.0 Å². The minimum Gasteiger partial charge on any atom is -0.334 e. The highest BCUT2D eigenvalue weighted by Gasteiger charge is 2.14. The molecule has 0 aliphatic rings. The number of carbonyl (C=O) groups is 1. The maximum absolute atomic E-state index is 12.3. The van der Waals surface area contributed by atoms with Crippen LogP contribution in [0.5, 0.6) is 0 Å². The summed E-state index contributed by atoms with van der Waals surface area (Å²) in [6, 6.07) is 7.84. The van der Waals surface area contributed by atoms with Gasteiger partial charge in [-0.3, -0.25) is 4.79 Å². The van der Waals surface area contributed by atoms with Crippen molar-refractivity contribution >= 4 is 28.0 Å². The van der Waals surface area contributed by atoms with Crippen molar-refractivity contribution in [2.75, 3.05) is 0 Å². The average molecular weight is 350 g/mol. The summed E-state index contributed by atoms with van der Waals surface area (Å²) in [5.41, 5.74) is 3.46. The number of imidazole rings is 1. The zero-order chi connectivity index (χ0) is 17.4. The van der Waals surface area contributed by atoms with Crippen molar-refractivity contribution in [3.63, 3.8) is 0 Å². The molecule has 7 nitrogen and oxygen atoms in total. The van der Waals surface area contributed by atoms with E-state index >= 15 is 0 Å². The molecule has 0 aliphatic carbocycles. The van der Waals surface area contributed by atoms with Gasteiger partial charge in [0.15, 0.2) is 10.8 Å². The van der Waals surface area contributed by atoms with Crippen LogP contribution >= 0.6 is 11.3 Å². The van der Waals surface area contributed by atoms with Gasteiger partial charge in [-0.15, -0.1) is 10.2 Å². The Morgan fingerprint density at radius 1 is 1.16 bits per heavy atom. The SMILES string of the molecule is Cc1nnc(C(=O)Cc2cc3cc(-c4cncn4C)ccc3nn2)s1. The first-order chi connectivity index (χ1) is 12.1. The number of nitrogens with zero attached hydrogens (tertiary/aromatic N) is 6. The third-order valence-electron chi connectivity index (χ3n) is 3.85. The Morgan fingerprint density at radius 2 is 2.04 bits per heavy atom. The maximum atomic E-state index is 12.3. The van der Waals surface area contributed by atoms with E-state index in [9.17, 15) is 4.79 Å². The van der Waals surface area contributed by atoms with E-state index in [1.54, 1.807) is 6.33 Å².